The van der Waals surface area contributed by atoms with Crippen molar-refractivity contribution in [1.82, 2.24) is 0 Å². The van der Waals surface area contributed by atoms with Crippen molar-refractivity contribution in [3.8, 4) is 0 Å². The van der Waals surface area contributed by atoms with Gasteiger partial charge in [0.2, 0.25) is 0 Å². The predicted octanol–water partition coefficient (Wildman–Crippen LogP) is 3.05. The van der Waals surface area contributed by atoms with E-state index in [2.05, 4.69) is 20.8 Å². The van der Waals surface area contributed by atoms with Gasteiger partial charge in [-0.25, -0.2) is 4.79 Å². The Labute approximate surface area is 139 Å². The summed E-state index contributed by atoms with van der Waals surface area (Å²) in [7, 11) is 0. The molecule has 0 amide bonds. The molecule has 1 unspecified atom stereocenters. The van der Waals surface area contributed by atoms with Crippen LogP contribution in [0.25, 0.3) is 0 Å². The molecule has 1 aliphatic rings. The molecule has 5 atom stereocenters. The summed E-state index contributed by atoms with van der Waals surface area (Å²) in [6.07, 6.45) is 1.65. The van der Waals surface area contributed by atoms with Crippen molar-refractivity contribution in [2.24, 2.45) is 23.5 Å². The van der Waals surface area contributed by atoms with Gasteiger partial charge in [0.15, 0.2) is 6.10 Å². The molecule has 1 aromatic carbocycles. The lowest BCUT2D eigenvalue weighted by molar-refractivity contribution is -0.167. The third-order valence-corrected chi connectivity index (χ3v) is 4.99. The lowest BCUT2D eigenvalue weighted by Gasteiger charge is -2.37. The van der Waals surface area contributed by atoms with Gasteiger partial charge in [-0.15, -0.1) is 0 Å². The Balaban J connectivity index is 2.01. The quantitative estimate of drug-likeness (QED) is 0.818. The fourth-order valence-electron chi connectivity index (χ4n) is 3.47. The molecule has 0 aliphatic heterocycles. The molecule has 23 heavy (non-hydrogen) atoms. The predicted molar refractivity (Wildman–Crippen MR) is 90.6 cm³/mol. The number of benzene rings is 1. The van der Waals surface area contributed by atoms with Crippen LogP contribution in [0.2, 0.25) is 0 Å². The number of ether oxygens (including phenoxy) is 1. The highest BCUT2D eigenvalue weighted by molar-refractivity contribution is 5.75. The largest absolute Gasteiger partial charge is 0.460 e. The van der Waals surface area contributed by atoms with E-state index in [9.17, 15) is 9.90 Å². The smallest absolute Gasteiger partial charge is 0.337 e. The number of carbonyl (C=O) groups is 1. The summed E-state index contributed by atoms with van der Waals surface area (Å²) >= 11 is 0. The van der Waals surface area contributed by atoms with Gasteiger partial charge in [0, 0.05) is 0 Å². The molecule has 1 aliphatic carbocycles. The Morgan fingerprint density at radius 3 is 2.52 bits per heavy atom. The van der Waals surface area contributed by atoms with Gasteiger partial charge < -0.3 is 15.6 Å². The maximum atomic E-state index is 12.3. The van der Waals surface area contributed by atoms with Gasteiger partial charge in [-0.05, 0) is 36.2 Å². The molecule has 0 bridgehead atoms. The van der Waals surface area contributed by atoms with Gasteiger partial charge in [-0.3, -0.25) is 0 Å². The van der Waals surface area contributed by atoms with Gasteiger partial charge in [-0.2, -0.15) is 0 Å². The molecular weight excluding hydrogens is 290 g/mol. The van der Waals surface area contributed by atoms with E-state index in [1.165, 1.54) is 6.42 Å². The Morgan fingerprint density at radius 1 is 1.26 bits per heavy atom. The summed E-state index contributed by atoms with van der Waals surface area (Å²) in [6, 6.07) is 8.40. The maximum absolute atomic E-state index is 12.3. The number of hydrogen-bond donors (Lipinski definition) is 2. The van der Waals surface area contributed by atoms with Gasteiger partial charge in [-0.1, -0.05) is 57.5 Å². The maximum Gasteiger partial charge on any atom is 0.337 e. The number of aliphatic hydroxyl groups is 1. The van der Waals surface area contributed by atoms with E-state index in [4.69, 9.17) is 10.5 Å². The van der Waals surface area contributed by atoms with Crippen molar-refractivity contribution in [2.75, 3.05) is 0 Å². The van der Waals surface area contributed by atoms with Crippen LogP contribution in [0.1, 0.15) is 51.6 Å². The van der Waals surface area contributed by atoms with E-state index in [-0.39, 0.29) is 6.10 Å². The molecule has 128 valence electrons. The molecule has 4 nitrogen and oxygen atoms in total. The highest BCUT2D eigenvalue weighted by Gasteiger charge is 2.36. The fourth-order valence-corrected chi connectivity index (χ4v) is 3.47. The van der Waals surface area contributed by atoms with E-state index in [0.717, 1.165) is 18.4 Å². The van der Waals surface area contributed by atoms with Crippen LogP contribution in [-0.4, -0.2) is 23.3 Å². The second-order valence-electron chi connectivity index (χ2n) is 7.18. The minimum absolute atomic E-state index is 0.121. The standard InChI is InChI=1S/C19H29NO3/c1-12(2)15-10-9-13(3)11-16(15)23-19(22)18(21)17(20)14-7-5-4-6-8-14/h4-8,12-13,15-18,21H,9-11,20H2,1-3H3/t13-,15+,16-,17-,18?/m0/s1. The molecule has 0 spiro atoms. The number of rotatable bonds is 5. The highest BCUT2D eigenvalue weighted by Crippen LogP contribution is 2.35. The molecule has 1 fully saturated rings. The van der Waals surface area contributed by atoms with E-state index in [1.54, 1.807) is 12.1 Å². The van der Waals surface area contributed by atoms with Crippen molar-refractivity contribution in [2.45, 2.75) is 58.3 Å². The van der Waals surface area contributed by atoms with E-state index >= 15 is 0 Å². The lowest BCUT2D eigenvalue weighted by Crippen LogP contribution is -2.41. The molecule has 1 saturated carbocycles. The van der Waals surface area contributed by atoms with Crippen LogP contribution < -0.4 is 5.73 Å². The average molecular weight is 319 g/mol. The third-order valence-electron chi connectivity index (χ3n) is 4.99. The van der Waals surface area contributed by atoms with Crippen LogP contribution in [0.5, 0.6) is 0 Å². The van der Waals surface area contributed by atoms with E-state index in [1.807, 2.05) is 18.2 Å². The zero-order chi connectivity index (χ0) is 17.0. The first kappa shape index (κ1) is 18.0. The van der Waals surface area contributed by atoms with Crippen LogP contribution in [0.15, 0.2) is 30.3 Å². The summed E-state index contributed by atoms with van der Waals surface area (Å²) < 4.78 is 5.67. The Morgan fingerprint density at radius 2 is 1.91 bits per heavy atom. The number of aliphatic hydroxyl groups excluding tert-OH is 1. The molecule has 2 rings (SSSR count). The normalized spacial score (nSPS) is 27.5. The summed E-state index contributed by atoms with van der Waals surface area (Å²) in [4.78, 5) is 12.3. The molecule has 4 heteroatoms. The zero-order valence-electron chi connectivity index (χ0n) is 14.3. The fraction of sp³-hybridized carbons (Fsp3) is 0.632. The van der Waals surface area contributed by atoms with Crippen molar-refractivity contribution in [3.05, 3.63) is 35.9 Å². The third kappa shape index (κ3) is 4.55. The second kappa shape index (κ2) is 7.93. The minimum Gasteiger partial charge on any atom is -0.460 e. The van der Waals surface area contributed by atoms with E-state index < -0.39 is 18.1 Å². The SMILES string of the molecule is CC(C)[C@H]1CC[C@H](C)C[C@@H]1OC(=O)C(O)[C@@H](N)c1ccccc1. The van der Waals surface area contributed by atoms with Gasteiger partial charge in [0.25, 0.3) is 0 Å². The number of esters is 1. The van der Waals surface area contributed by atoms with Crippen LogP contribution in [0.3, 0.4) is 0 Å². The molecule has 0 aromatic heterocycles. The van der Waals surface area contributed by atoms with Crippen molar-refractivity contribution >= 4 is 5.97 Å². The topological polar surface area (TPSA) is 72.5 Å². The monoisotopic (exact) mass is 319 g/mol. The van der Waals surface area contributed by atoms with Gasteiger partial charge in [0.05, 0.1) is 6.04 Å². The van der Waals surface area contributed by atoms with Crippen LogP contribution in [-0.2, 0) is 9.53 Å². The van der Waals surface area contributed by atoms with Crippen molar-refractivity contribution in [3.63, 3.8) is 0 Å². The average Bonchev–Trinajstić information content (AvgIpc) is 2.54. The zero-order valence-corrected chi connectivity index (χ0v) is 14.3. The Hall–Kier alpha value is -1.39. The molecule has 1 aromatic rings. The lowest BCUT2D eigenvalue weighted by atomic mass is 9.75. The van der Waals surface area contributed by atoms with Crippen LogP contribution >= 0.6 is 0 Å². The molecule has 0 radical (unpaired) electrons. The van der Waals surface area contributed by atoms with Crippen LogP contribution in [0.4, 0.5) is 0 Å². The molecule has 0 heterocycles. The van der Waals surface area contributed by atoms with Gasteiger partial charge >= 0.3 is 5.97 Å². The first-order valence-corrected chi connectivity index (χ1v) is 8.59. The molecule has 3 N–H and O–H groups in total. The summed E-state index contributed by atoms with van der Waals surface area (Å²) in [5.74, 6) is 0.754. The minimum atomic E-state index is -1.33. The molecule has 0 saturated heterocycles. The highest BCUT2D eigenvalue weighted by atomic mass is 16.6. The van der Waals surface area contributed by atoms with Gasteiger partial charge in [0.1, 0.15) is 6.10 Å². The number of hydrogen-bond acceptors (Lipinski definition) is 4. The van der Waals surface area contributed by atoms with Crippen LogP contribution in [0, 0.1) is 17.8 Å². The number of carbonyl (C=O) groups excluding carboxylic acids is 1. The van der Waals surface area contributed by atoms with Crippen molar-refractivity contribution in [1.29, 1.82) is 0 Å². The van der Waals surface area contributed by atoms with E-state index in [0.29, 0.717) is 17.8 Å². The summed E-state index contributed by atoms with van der Waals surface area (Å²) in [5, 5.41) is 10.3. The van der Waals surface area contributed by atoms with Crippen molar-refractivity contribution < 1.29 is 14.6 Å². The first-order chi connectivity index (χ1) is 10.9. The second-order valence-corrected chi connectivity index (χ2v) is 7.18. The number of nitrogens with two attached hydrogens (primary N) is 1. The summed E-state index contributed by atoms with van der Waals surface area (Å²) in [6.45, 7) is 6.50. The first-order valence-electron chi connectivity index (χ1n) is 8.59. The molecular formula is C19H29NO3. The summed E-state index contributed by atoms with van der Waals surface area (Å²) in [5.41, 5.74) is 6.75. The Kier molecular flexibility index (Phi) is 6.19. The Bertz CT molecular complexity index is 503.